The number of carboxylic acid groups (broad SMARTS) is 1. The Morgan fingerprint density at radius 3 is 3.00 bits per heavy atom. The third-order valence-electron chi connectivity index (χ3n) is 6.66. The fourth-order valence-electron chi connectivity index (χ4n) is 5.86. The number of para-hydroxylation sites is 1. The molecule has 5 aliphatic heterocycles. The predicted molar refractivity (Wildman–Crippen MR) is 85.9 cm³/mol. The number of benzene rings is 1. The highest BCUT2D eigenvalue weighted by atomic mass is 16.5. The number of nitrogens with zero attached hydrogens (tertiary/aromatic N) is 1. The minimum absolute atomic E-state index is 0.0571. The van der Waals surface area contributed by atoms with Gasteiger partial charge in [0.05, 0.1) is 24.2 Å². The fraction of sp³-hybridized carbons (Fsp3) is 0.474. The molecule has 1 amide bonds. The van der Waals surface area contributed by atoms with Crippen molar-refractivity contribution in [3.05, 3.63) is 42.0 Å². The highest BCUT2D eigenvalue weighted by Crippen LogP contribution is 2.62. The summed E-state index contributed by atoms with van der Waals surface area (Å²) < 4.78 is 12.2. The summed E-state index contributed by atoms with van der Waals surface area (Å²) in [6.07, 6.45) is 4.07. The molecule has 5 aliphatic rings. The average Bonchev–Trinajstić information content (AvgIpc) is 3.35. The van der Waals surface area contributed by atoms with E-state index in [9.17, 15) is 14.7 Å². The molecule has 7 atom stereocenters. The Kier molecular flexibility index (Phi) is 2.42. The number of fused-ring (bicyclic) bond motifs is 7. The standard InChI is InChI=1S/C19H17NO5/c21-17-14-13(18(22)23)12-5-7-19(14,25-12)16-10-6-8-24-15(10)9-3-1-2-4-11(9)20(16)17/h1-5,7,10,12-16H,6,8H2,(H,22,23)/t10-,12-,13-,14-,15-,16+,19+/m0/s1. The van der Waals surface area contributed by atoms with Crippen molar-refractivity contribution in [2.75, 3.05) is 11.5 Å². The van der Waals surface area contributed by atoms with Crippen LogP contribution in [0.2, 0.25) is 0 Å². The number of aliphatic carboxylic acids is 1. The third kappa shape index (κ3) is 1.42. The number of carbonyl (C=O) groups excluding carboxylic acids is 1. The first-order valence-electron chi connectivity index (χ1n) is 8.77. The minimum Gasteiger partial charge on any atom is -0.481 e. The van der Waals surface area contributed by atoms with Gasteiger partial charge in [-0.15, -0.1) is 0 Å². The fourth-order valence-corrected chi connectivity index (χ4v) is 5.86. The predicted octanol–water partition coefficient (Wildman–Crippen LogP) is 1.52. The van der Waals surface area contributed by atoms with Crippen molar-refractivity contribution in [2.45, 2.75) is 30.3 Å². The van der Waals surface area contributed by atoms with E-state index in [1.54, 1.807) is 0 Å². The number of anilines is 1. The molecular weight excluding hydrogens is 322 g/mol. The van der Waals surface area contributed by atoms with Gasteiger partial charge in [0.15, 0.2) is 0 Å². The van der Waals surface area contributed by atoms with Crippen LogP contribution in [-0.4, -0.2) is 41.3 Å². The Labute approximate surface area is 144 Å². The van der Waals surface area contributed by atoms with Crippen LogP contribution in [0, 0.1) is 17.8 Å². The van der Waals surface area contributed by atoms with Crippen LogP contribution in [0.15, 0.2) is 36.4 Å². The maximum atomic E-state index is 13.4. The van der Waals surface area contributed by atoms with Crippen LogP contribution >= 0.6 is 0 Å². The zero-order valence-corrected chi connectivity index (χ0v) is 13.4. The van der Waals surface area contributed by atoms with Crippen molar-refractivity contribution in [1.29, 1.82) is 0 Å². The quantitative estimate of drug-likeness (QED) is 0.785. The molecule has 25 heavy (non-hydrogen) atoms. The molecular formula is C19H17NO5. The molecule has 128 valence electrons. The number of hydrogen-bond acceptors (Lipinski definition) is 4. The van der Waals surface area contributed by atoms with Crippen molar-refractivity contribution < 1.29 is 24.2 Å². The minimum atomic E-state index is -0.957. The molecule has 6 rings (SSSR count). The van der Waals surface area contributed by atoms with Gasteiger partial charge in [-0.3, -0.25) is 9.59 Å². The zero-order chi connectivity index (χ0) is 16.9. The largest absolute Gasteiger partial charge is 0.481 e. The Morgan fingerprint density at radius 2 is 2.16 bits per heavy atom. The first kappa shape index (κ1) is 14.0. The van der Waals surface area contributed by atoms with Gasteiger partial charge < -0.3 is 19.5 Å². The van der Waals surface area contributed by atoms with Gasteiger partial charge in [0, 0.05) is 23.8 Å². The molecule has 3 fully saturated rings. The Bertz CT molecular complexity index is 850. The number of rotatable bonds is 1. The van der Waals surface area contributed by atoms with Crippen LogP contribution in [0.4, 0.5) is 5.69 Å². The van der Waals surface area contributed by atoms with E-state index in [1.165, 1.54) is 0 Å². The van der Waals surface area contributed by atoms with E-state index in [1.807, 2.05) is 41.3 Å². The Hall–Kier alpha value is -2.18. The summed E-state index contributed by atoms with van der Waals surface area (Å²) in [4.78, 5) is 27.0. The van der Waals surface area contributed by atoms with Gasteiger partial charge in [-0.05, 0) is 12.5 Å². The van der Waals surface area contributed by atoms with E-state index in [-0.39, 0.29) is 24.0 Å². The highest BCUT2D eigenvalue weighted by Gasteiger charge is 2.74. The van der Waals surface area contributed by atoms with Crippen molar-refractivity contribution in [1.82, 2.24) is 0 Å². The first-order valence-corrected chi connectivity index (χ1v) is 8.77. The summed E-state index contributed by atoms with van der Waals surface area (Å²) in [6, 6.07) is 7.61. The molecule has 1 aromatic rings. The smallest absolute Gasteiger partial charge is 0.310 e. The molecule has 0 unspecified atom stereocenters. The normalized spacial score (nSPS) is 45.3. The SMILES string of the molecule is O=C(O)[C@H]1[C@@H]2C=C[C@@]3(O2)[C@@H]1C(=O)N1c2ccccc2[C@@H]2OCC[C@@H]2[C@@H]13. The summed E-state index contributed by atoms with van der Waals surface area (Å²) in [5, 5.41) is 9.70. The monoisotopic (exact) mass is 339 g/mol. The van der Waals surface area contributed by atoms with Gasteiger partial charge in [0.2, 0.25) is 5.91 Å². The third-order valence-corrected chi connectivity index (χ3v) is 6.66. The number of amides is 1. The van der Waals surface area contributed by atoms with Crippen LogP contribution in [0.5, 0.6) is 0 Å². The average molecular weight is 339 g/mol. The molecule has 1 spiro atoms. The van der Waals surface area contributed by atoms with E-state index in [0.717, 1.165) is 17.7 Å². The van der Waals surface area contributed by atoms with Crippen LogP contribution in [0.25, 0.3) is 0 Å². The lowest BCUT2D eigenvalue weighted by molar-refractivity contribution is -0.146. The van der Waals surface area contributed by atoms with Crippen LogP contribution in [-0.2, 0) is 19.1 Å². The second-order valence-corrected chi connectivity index (χ2v) is 7.59. The van der Waals surface area contributed by atoms with Gasteiger partial charge in [-0.2, -0.15) is 0 Å². The molecule has 1 N–H and O–H groups in total. The molecule has 0 aromatic heterocycles. The Morgan fingerprint density at radius 1 is 1.32 bits per heavy atom. The van der Waals surface area contributed by atoms with Crippen molar-refractivity contribution in [3.8, 4) is 0 Å². The van der Waals surface area contributed by atoms with E-state index in [4.69, 9.17) is 9.47 Å². The molecule has 3 saturated heterocycles. The molecule has 5 heterocycles. The number of hydrogen-bond donors (Lipinski definition) is 1. The van der Waals surface area contributed by atoms with Crippen LogP contribution < -0.4 is 4.90 Å². The maximum absolute atomic E-state index is 13.4. The molecule has 2 bridgehead atoms. The highest BCUT2D eigenvalue weighted by molar-refractivity contribution is 6.04. The lowest BCUT2D eigenvalue weighted by Crippen LogP contribution is -2.53. The van der Waals surface area contributed by atoms with Gasteiger partial charge >= 0.3 is 5.97 Å². The van der Waals surface area contributed by atoms with E-state index in [0.29, 0.717) is 6.61 Å². The summed E-state index contributed by atoms with van der Waals surface area (Å²) in [5.74, 6) is -2.42. The second-order valence-electron chi connectivity index (χ2n) is 7.59. The number of carboxylic acids is 1. The van der Waals surface area contributed by atoms with E-state index >= 15 is 0 Å². The zero-order valence-electron chi connectivity index (χ0n) is 13.4. The van der Waals surface area contributed by atoms with Gasteiger partial charge in [-0.25, -0.2) is 0 Å². The molecule has 6 heteroatoms. The van der Waals surface area contributed by atoms with Crippen molar-refractivity contribution in [3.63, 3.8) is 0 Å². The maximum Gasteiger partial charge on any atom is 0.310 e. The first-order chi connectivity index (χ1) is 12.1. The second kappa shape index (κ2) is 4.31. The van der Waals surface area contributed by atoms with E-state index < -0.39 is 29.5 Å². The summed E-state index contributed by atoms with van der Waals surface area (Å²) in [5.41, 5.74) is 1.03. The number of ether oxygens (including phenoxy) is 2. The van der Waals surface area contributed by atoms with E-state index in [2.05, 4.69) is 0 Å². The molecule has 0 aliphatic carbocycles. The summed E-state index contributed by atoms with van der Waals surface area (Å²) in [6.45, 7) is 0.651. The van der Waals surface area contributed by atoms with Gasteiger partial charge in [0.1, 0.15) is 11.5 Å². The van der Waals surface area contributed by atoms with Gasteiger partial charge in [-0.1, -0.05) is 30.4 Å². The van der Waals surface area contributed by atoms with Crippen LogP contribution in [0.1, 0.15) is 18.1 Å². The van der Waals surface area contributed by atoms with Crippen LogP contribution in [0.3, 0.4) is 0 Å². The summed E-state index contributed by atoms with van der Waals surface area (Å²) in [7, 11) is 0. The van der Waals surface area contributed by atoms with Gasteiger partial charge in [0.25, 0.3) is 0 Å². The lowest BCUT2D eigenvalue weighted by Gasteiger charge is -2.43. The number of carbonyl (C=O) groups is 2. The van der Waals surface area contributed by atoms with Crippen molar-refractivity contribution >= 4 is 17.6 Å². The Balaban J connectivity index is 1.59. The van der Waals surface area contributed by atoms with Crippen molar-refractivity contribution in [2.24, 2.45) is 17.8 Å². The molecule has 6 nitrogen and oxygen atoms in total. The lowest BCUT2D eigenvalue weighted by atomic mass is 9.70. The molecule has 0 saturated carbocycles. The summed E-state index contributed by atoms with van der Waals surface area (Å²) >= 11 is 0. The molecule has 1 aromatic carbocycles. The topological polar surface area (TPSA) is 76.1 Å². The molecule has 0 radical (unpaired) electrons.